The molecule has 2 N–H and O–H groups in total. The predicted octanol–water partition coefficient (Wildman–Crippen LogP) is 2.70. The number of halogens is 3. The number of alkyl halides is 3. The monoisotopic (exact) mass is 333 g/mol. The molecule has 0 radical (unpaired) electrons. The average molecular weight is 333 g/mol. The summed E-state index contributed by atoms with van der Waals surface area (Å²) >= 11 is 0. The highest BCUT2D eigenvalue weighted by atomic mass is 19.4. The fraction of sp³-hybridized carbons (Fsp3) is 0.467. The first-order chi connectivity index (χ1) is 10.6. The highest BCUT2D eigenvalue weighted by Gasteiger charge is 2.30. The van der Waals surface area contributed by atoms with E-state index in [1.165, 1.54) is 6.07 Å². The molecule has 0 fully saturated rings. The van der Waals surface area contributed by atoms with Crippen molar-refractivity contribution in [3.8, 4) is 5.75 Å². The molecule has 0 aromatic heterocycles. The summed E-state index contributed by atoms with van der Waals surface area (Å²) in [5.41, 5.74) is -0.890. The van der Waals surface area contributed by atoms with Gasteiger partial charge in [0.15, 0.2) is 6.61 Å². The van der Waals surface area contributed by atoms with Gasteiger partial charge in [0.2, 0.25) is 0 Å². The fourth-order valence-corrected chi connectivity index (χ4v) is 1.84. The predicted molar refractivity (Wildman–Crippen MR) is 76.0 cm³/mol. The van der Waals surface area contributed by atoms with E-state index in [-0.39, 0.29) is 18.1 Å². The maximum atomic E-state index is 12.5. The highest BCUT2D eigenvalue weighted by molar-refractivity contribution is 5.84. The summed E-state index contributed by atoms with van der Waals surface area (Å²) in [4.78, 5) is 22.7. The van der Waals surface area contributed by atoms with E-state index in [9.17, 15) is 22.8 Å². The van der Waals surface area contributed by atoms with Crippen molar-refractivity contribution in [2.75, 3.05) is 6.61 Å². The van der Waals surface area contributed by atoms with E-state index in [1.807, 2.05) is 0 Å². The van der Waals surface area contributed by atoms with Crippen molar-refractivity contribution in [1.82, 2.24) is 5.32 Å². The van der Waals surface area contributed by atoms with Crippen molar-refractivity contribution in [1.29, 1.82) is 0 Å². The number of ether oxygens (including phenoxy) is 1. The van der Waals surface area contributed by atoms with Gasteiger partial charge in [-0.25, -0.2) is 4.79 Å². The number of hydrogen-bond donors (Lipinski definition) is 2. The van der Waals surface area contributed by atoms with Crippen molar-refractivity contribution in [3.05, 3.63) is 29.8 Å². The van der Waals surface area contributed by atoms with Crippen molar-refractivity contribution in [2.24, 2.45) is 5.92 Å². The van der Waals surface area contributed by atoms with Crippen molar-refractivity contribution < 1.29 is 32.6 Å². The Morgan fingerprint density at radius 1 is 1.30 bits per heavy atom. The number of carboxylic acids is 1. The first-order valence-corrected chi connectivity index (χ1v) is 6.92. The second-order valence-electron chi connectivity index (χ2n) is 5.40. The molecule has 5 nitrogen and oxygen atoms in total. The molecule has 0 saturated carbocycles. The van der Waals surface area contributed by atoms with Gasteiger partial charge in [0.1, 0.15) is 11.8 Å². The minimum absolute atomic E-state index is 0.0563. The molecular weight excluding hydrogens is 315 g/mol. The Balaban J connectivity index is 2.60. The summed E-state index contributed by atoms with van der Waals surface area (Å²) in [6.07, 6.45) is -4.27. The summed E-state index contributed by atoms with van der Waals surface area (Å²) in [5, 5.41) is 11.3. The van der Waals surface area contributed by atoms with E-state index in [0.717, 1.165) is 18.2 Å². The van der Waals surface area contributed by atoms with E-state index in [0.29, 0.717) is 0 Å². The Kier molecular flexibility index (Phi) is 6.41. The number of amides is 1. The van der Waals surface area contributed by atoms with Crippen LogP contribution >= 0.6 is 0 Å². The maximum Gasteiger partial charge on any atom is 0.416 e. The van der Waals surface area contributed by atoms with Gasteiger partial charge >= 0.3 is 12.1 Å². The Labute approximate surface area is 131 Å². The summed E-state index contributed by atoms with van der Waals surface area (Å²) in [6, 6.07) is 3.04. The van der Waals surface area contributed by atoms with Crippen LogP contribution in [-0.4, -0.2) is 29.6 Å². The molecule has 1 aromatic carbocycles. The molecule has 1 atom stereocenters. The summed E-state index contributed by atoms with van der Waals surface area (Å²) < 4.78 is 42.6. The van der Waals surface area contributed by atoms with E-state index in [4.69, 9.17) is 9.84 Å². The average Bonchev–Trinajstić information content (AvgIpc) is 2.43. The molecule has 0 bridgehead atoms. The van der Waals surface area contributed by atoms with E-state index < -0.39 is 36.3 Å². The van der Waals surface area contributed by atoms with Crippen LogP contribution in [0.25, 0.3) is 0 Å². The first kappa shape index (κ1) is 18.8. The summed E-state index contributed by atoms with van der Waals surface area (Å²) in [7, 11) is 0. The lowest BCUT2D eigenvalue weighted by Crippen LogP contribution is -2.43. The van der Waals surface area contributed by atoms with Crippen LogP contribution in [0.1, 0.15) is 25.8 Å². The first-order valence-electron chi connectivity index (χ1n) is 6.92. The molecule has 0 saturated heterocycles. The Morgan fingerprint density at radius 2 is 1.96 bits per heavy atom. The number of carbonyl (C=O) groups is 2. The molecule has 0 heterocycles. The molecule has 0 spiro atoms. The van der Waals surface area contributed by atoms with Gasteiger partial charge in [0, 0.05) is 0 Å². The van der Waals surface area contributed by atoms with Crippen LogP contribution in [0.15, 0.2) is 24.3 Å². The van der Waals surface area contributed by atoms with Gasteiger partial charge in [-0.05, 0) is 30.5 Å². The highest BCUT2D eigenvalue weighted by Crippen LogP contribution is 2.31. The molecule has 128 valence electrons. The third kappa shape index (κ3) is 6.58. The molecule has 0 aliphatic heterocycles. The molecule has 0 unspecified atom stereocenters. The number of carbonyl (C=O) groups excluding carboxylic acids is 1. The number of carboxylic acid groups (broad SMARTS) is 1. The van der Waals surface area contributed by atoms with Crippen LogP contribution < -0.4 is 10.1 Å². The van der Waals surface area contributed by atoms with Gasteiger partial charge in [-0.3, -0.25) is 4.79 Å². The van der Waals surface area contributed by atoms with Gasteiger partial charge in [0.25, 0.3) is 5.91 Å². The van der Waals surface area contributed by atoms with Gasteiger partial charge in [-0.15, -0.1) is 0 Å². The third-order valence-electron chi connectivity index (χ3n) is 2.87. The summed E-state index contributed by atoms with van der Waals surface area (Å²) in [6.45, 7) is 3.05. The van der Waals surface area contributed by atoms with Crippen LogP contribution in [0.3, 0.4) is 0 Å². The van der Waals surface area contributed by atoms with Gasteiger partial charge in [0.05, 0.1) is 5.56 Å². The number of nitrogens with one attached hydrogen (secondary N) is 1. The molecule has 1 aromatic rings. The molecule has 0 aliphatic rings. The van der Waals surface area contributed by atoms with Crippen LogP contribution in [0.5, 0.6) is 5.75 Å². The zero-order valence-electron chi connectivity index (χ0n) is 12.7. The zero-order chi connectivity index (χ0) is 17.6. The molecule has 0 aliphatic carbocycles. The van der Waals surface area contributed by atoms with Crippen molar-refractivity contribution >= 4 is 11.9 Å². The van der Waals surface area contributed by atoms with E-state index in [2.05, 4.69) is 5.32 Å². The minimum atomic E-state index is -4.51. The number of aliphatic carboxylic acids is 1. The molecular formula is C15H18F3NO4. The van der Waals surface area contributed by atoms with Gasteiger partial charge < -0.3 is 15.2 Å². The largest absolute Gasteiger partial charge is 0.484 e. The van der Waals surface area contributed by atoms with Crippen molar-refractivity contribution in [2.45, 2.75) is 32.5 Å². The second kappa shape index (κ2) is 7.85. The lowest BCUT2D eigenvalue weighted by atomic mass is 10.0. The number of rotatable bonds is 7. The van der Waals surface area contributed by atoms with Gasteiger partial charge in [-0.2, -0.15) is 13.2 Å². The van der Waals surface area contributed by atoms with Crippen LogP contribution in [0, 0.1) is 5.92 Å². The van der Waals surface area contributed by atoms with Crippen LogP contribution in [0.4, 0.5) is 13.2 Å². The second-order valence-corrected chi connectivity index (χ2v) is 5.40. The maximum absolute atomic E-state index is 12.5. The lowest BCUT2D eigenvalue weighted by molar-refractivity contribution is -0.142. The quantitative estimate of drug-likeness (QED) is 0.804. The molecule has 1 amide bonds. The Hall–Kier alpha value is -2.25. The Bertz CT molecular complexity index is 558. The normalized spacial score (nSPS) is 12.8. The zero-order valence-corrected chi connectivity index (χ0v) is 12.7. The molecule has 23 heavy (non-hydrogen) atoms. The number of benzene rings is 1. The van der Waals surface area contributed by atoms with Crippen LogP contribution in [0.2, 0.25) is 0 Å². The van der Waals surface area contributed by atoms with Crippen molar-refractivity contribution in [3.63, 3.8) is 0 Å². The minimum Gasteiger partial charge on any atom is -0.484 e. The standard InChI is InChI=1S/C15H18F3NO4/c1-9(2)6-12(14(21)22)19-13(20)8-23-11-5-3-4-10(7-11)15(16,17)18/h3-5,7,9,12H,6,8H2,1-2H3,(H,19,20)(H,21,22)/t12-/m1/s1. The Morgan fingerprint density at radius 3 is 2.48 bits per heavy atom. The lowest BCUT2D eigenvalue weighted by Gasteiger charge is -2.16. The van der Waals surface area contributed by atoms with Crippen LogP contribution in [-0.2, 0) is 15.8 Å². The third-order valence-corrected chi connectivity index (χ3v) is 2.87. The molecule has 1 rings (SSSR count). The molecule has 8 heteroatoms. The summed E-state index contributed by atoms with van der Waals surface area (Å²) in [5.74, 6) is -1.95. The van der Waals surface area contributed by atoms with E-state index in [1.54, 1.807) is 13.8 Å². The van der Waals surface area contributed by atoms with E-state index >= 15 is 0 Å². The van der Waals surface area contributed by atoms with Gasteiger partial charge in [-0.1, -0.05) is 19.9 Å². The SMILES string of the molecule is CC(C)C[C@@H](NC(=O)COc1cccc(C(F)(F)F)c1)C(=O)O. The number of hydrogen-bond acceptors (Lipinski definition) is 3. The smallest absolute Gasteiger partial charge is 0.416 e. The topological polar surface area (TPSA) is 75.6 Å². The fourth-order valence-electron chi connectivity index (χ4n) is 1.84.